The van der Waals surface area contributed by atoms with Crippen molar-refractivity contribution in [1.29, 1.82) is 0 Å². The van der Waals surface area contributed by atoms with Gasteiger partial charge in [-0.05, 0) is 22.0 Å². The number of carbonyl (C=O) groups is 1. The van der Waals surface area contributed by atoms with Crippen LogP contribution >= 0.6 is 27.3 Å². The van der Waals surface area contributed by atoms with E-state index >= 15 is 0 Å². The maximum absolute atomic E-state index is 13.5. The number of rotatable bonds is 3. The van der Waals surface area contributed by atoms with Gasteiger partial charge in [-0.1, -0.05) is 11.3 Å². The standard InChI is InChI=1S/C10H5BrF2N2O2S/c11-4-1-6(13)7(2-5(4)12)15-10-14-3-8(18-10)9(16)17/h1-3H,(H,14,15)(H,16,17). The van der Waals surface area contributed by atoms with Crippen LogP contribution in [0.25, 0.3) is 0 Å². The van der Waals surface area contributed by atoms with Crippen LogP contribution < -0.4 is 5.32 Å². The van der Waals surface area contributed by atoms with Crippen molar-refractivity contribution in [3.05, 3.63) is 39.3 Å². The molecule has 0 bridgehead atoms. The highest BCUT2D eigenvalue weighted by molar-refractivity contribution is 9.10. The number of halogens is 3. The monoisotopic (exact) mass is 334 g/mol. The molecular weight excluding hydrogens is 330 g/mol. The van der Waals surface area contributed by atoms with Crippen molar-refractivity contribution in [2.75, 3.05) is 5.32 Å². The second-order valence-electron chi connectivity index (χ2n) is 3.21. The van der Waals surface area contributed by atoms with Gasteiger partial charge >= 0.3 is 5.97 Å². The van der Waals surface area contributed by atoms with E-state index in [1.54, 1.807) is 0 Å². The largest absolute Gasteiger partial charge is 0.477 e. The molecule has 0 spiro atoms. The number of nitrogens with zero attached hydrogens (tertiary/aromatic N) is 1. The minimum absolute atomic E-state index is 0.00971. The molecule has 0 saturated carbocycles. The molecule has 0 aliphatic rings. The van der Waals surface area contributed by atoms with Crippen molar-refractivity contribution in [3.8, 4) is 0 Å². The van der Waals surface area contributed by atoms with Crippen molar-refractivity contribution in [2.45, 2.75) is 0 Å². The maximum Gasteiger partial charge on any atom is 0.347 e. The molecular formula is C10H5BrF2N2O2S. The van der Waals surface area contributed by atoms with Crippen molar-refractivity contribution < 1.29 is 18.7 Å². The van der Waals surface area contributed by atoms with Gasteiger partial charge in [0.2, 0.25) is 0 Å². The molecule has 8 heteroatoms. The molecule has 2 aromatic rings. The smallest absolute Gasteiger partial charge is 0.347 e. The fourth-order valence-corrected chi connectivity index (χ4v) is 2.15. The molecule has 0 unspecified atom stereocenters. The number of aromatic carboxylic acids is 1. The molecule has 0 saturated heterocycles. The summed E-state index contributed by atoms with van der Waals surface area (Å²) in [5.74, 6) is -2.42. The Balaban J connectivity index is 2.28. The average Bonchev–Trinajstić information content (AvgIpc) is 2.74. The van der Waals surface area contributed by atoms with E-state index in [9.17, 15) is 13.6 Å². The zero-order valence-corrected chi connectivity index (χ0v) is 11.0. The molecule has 0 radical (unpaired) electrons. The van der Waals surface area contributed by atoms with Crippen molar-refractivity contribution in [3.63, 3.8) is 0 Å². The van der Waals surface area contributed by atoms with Crippen molar-refractivity contribution >= 4 is 44.1 Å². The van der Waals surface area contributed by atoms with Gasteiger partial charge in [-0.2, -0.15) is 0 Å². The van der Waals surface area contributed by atoms with E-state index in [1.165, 1.54) is 0 Å². The summed E-state index contributed by atoms with van der Waals surface area (Å²) >= 11 is 3.69. The molecule has 0 atom stereocenters. The lowest BCUT2D eigenvalue weighted by molar-refractivity contribution is 0.0702. The summed E-state index contributed by atoms with van der Waals surface area (Å²) in [5, 5.41) is 11.4. The van der Waals surface area contributed by atoms with E-state index in [-0.39, 0.29) is 20.2 Å². The van der Waals surface area contributed by atoms with Gasteiger partial charge in [-0.15, -0.1) is 0 Å². The summed E-state index contributed by atoms with van der Waals surface area (Å²) in [5.41, 5.74) is -0.109. The fraction of sp³-hybridized carbons (Fsp3) is 0. The van der Waals surface area contributed by atoms with E-state index in [4.69, 9.17) is 5.11 Å². The van der Waals surface area contributed by atoms with Gasteiger partial charge in [0.05, 0.1) is 16.4 Å². The Kier molecular flexibility index (Phi) is 3.58. The number of carboxylic acid groups (broad SMARTS) is 1. The predicted molar refractivity (Wildman–Crippen MR) is 66.4 cm³/mol. The molecule has 2 rings (SSSR count). The summed E-state index contributed by atoms with van der Waals surface area (Å²) in [4.78, 5) is 14.4. The first-order valence-corrected chi connectivity index (χ1v) is 6.19. The number of hydrogen-bond donors (Lipinski definition) is 2. The summed E-state index contributed by atoms with van der Waals surface area (Å²) in [7, 11) is 0. The first kappa shape index (κ1) is 12.9. The van der Waals surface area contributed by atoms with Crippen LogP contribution in [0.2, 0.25) is 0 Å². The predicted octanol–water partition coefficient (Wildman–Crippen LogP) is 3.63. The van der Waals surface area contributed by atoms with Crippen LogP contribution in [0.3, 0.4) is 0 Å². The zero-order valence-electron chi connectivity index (χ0n) is 8.58. The van der Waals surface area contributed by atoms with Crippen LogP contribution in [-0.2, 0) is 0 Å². The van der Waals surface area contributed by atoms with Crippen LogP contribution in [0.1, 0.15) is 9.67 Å². The number of hydrogen-bond acceptors (Lipinski definition) is 4. The SMILES string of the molecule is O=C(O)c1cnc(Nc2cc(F)c(Br)cc2F)s1. The molecule has 2 N–H and O–H groups in total. The molecule has 1 aromatic heterocycles. The average molecular weight is 335 g/mol. The topological polar surface area (TPSA) is 62.2 Å². The first-order chi connectivity index (χ1) is 8.47. The lowest BCUT2D eigenvalue weighted by atomic mass is 10.3. The van der Waals surface area contributed by atoms with E-state index in [2.05, 4.69) is 26.2 Å². The summed E-state index contributed by atoms with van der Waals surface area (Å²) in [6.45, 7) is 0. The minimum atomic E-state index is -1.12. The number of anilines is 2. The Morgan fingerprint density at radius 1 is 1.39 bits per heavy atom. The van der Waals surface area contributed by atoms with Crippen LogP contribution in [0.15, 0.2) is 22.8 Å². The molecule has 1 aromatic carbocycles. The van der Waals surface area contributed by atoms with Crippen LogP contribution in [0, 0.1) is 11.6 Å². The van der Waals surface area contributed by atoms with Crippen LogP contribution in [0.4, 0.5) is 19.6 Å². The molecule has 0 aliphatic heterocycles. The second-order valence-corrected chi connectivity index (χ2v) is 5.09. The second kappa shape index (κ2) is 4.99. The minimum Gasteiger partial charge on any atom is -0.477 e. The Labute approximate surface area is 112 Å². The fourth-order valence-electron chi connectivity index (χ4n) is 1.16. The van der Waals surface area contributed by atoms with Gasteiger partial charge in [0.15, 0.2) is 5.13 Å². The molecule has 1 heterocycles. The van der Waals surface area contributed by atoms with Gasteiger partial charge < -0.3 is 10.4 Å². The third-order valence-electron chi connectivity index (χ3n) is 1.97. The number of carboxylic acids is 1. The number of benzene rings is 1. The summed E-state index contributed by atoms with van der Waals surface area (Å²) < 4.78 is 26.7. The van der Waals surface area contributed by atoms with Gasteiger partial charge in [-0.25, -0.2) is 18.6 Å². The van der Waals surface area contributed by atoms with Gasteiger partial charge in [-0.3, -0.25) is 0 Å². The van der Waals surface area contributed by atoms with Crippen LogP contribution in [-0.4, -0.2) is 16.1 Å². The number of nitrogens with one attached hydrogen (secondary N) is 1. The molecule has 94 valence electrons. The van der Waals surface area contributed by atoms with Gasteiger partial charge in [0.1, 0.15) is 16.5 Å². The quantitative estimate of drug-likeness (QED) is 0.841. The van der Waals surface area contributed by atoms with Crippen molar-refractivity contribution in [2.24, 2.45) is 0 Å². The van der Waals surface area contributed by atoms with E-state index in [0.29, 0.717) is 0 Å². The normalized spacial score (nSPS) is 10.4. The molecule has 18 heavy (non-hydrogen) atoms. The lowest BCUT2D eigenvalue weighted by Crippen LogP contribution is -1.94. The third kappa shape index (κ3) is 2.65. The Bertz CT molecular complexity index is 618. The van der Waals surface area contributed by atoms with E-state index < -0.39 is 17.6 Å². The van der Waals surface area contributed by atoms with E-state index in [1.807, 2.05) is 0 Å². The van der Waals surface area contributed by atoms with Gasteiger partial charge in [0, 0.05) is 6.07 Å². The Morgan fingerprint density at radius 3 is 2.72 bits per heavy atom. The highest BCUT2D eigenvalue weighted by atomic mass is 79.9. The number of thiazole rings is 1. The van der Waals surface area contributed by atoms with Gasteiger partial charge in [0.25, 0.3) is 0 Å². The van der Waals surface area contributed by atoms with Crippen molar-refractivity contribution in [1.82, 2.24) is 4.98 Å². The first-order valence-electron chi connectivity index (χ1n) is 4.58. The molecule has 4 nitrogen and oxygen atoms in total. The molecule has 0 aliphatic carbocycles. The molecule has 0 fully saturated rings. The zero-order chi connectivity index (χ0) is 13.3. The Morgan fingerprint density at radius 2 is 2.11 bits per heavy atom. The highest BCUT2D eigenvalue weighted by Gasteiger charge is 2.12. The number of aromatic nitrogens is 1. The Hall–Kier alpha value is -1.54. The van der Waals surface area contributed by atoms with Crippen LogP contribution in [0.5, 0.6) is 0 Å². The summed E-state index contributed by atoms with van der Waals surface area (Å²) in [6.07, 6.45) is 1.14. The highest BCUT2D eigenvalue weighted by Crippen LogP contribution is 2.28. The third-order valence-corrected chi connectivity index (χ3v) is 3.48. The van der Waals surface area contributed by atoms with E-state index in [0.717, 1.165) is 29.7 Å². The maximum atomic E-state index is 13.5. The molecule has 0 amide bonds. The lowest BCUT2D eigenvalue weighted by Gasteiger charge is -2.05. The summed E-state index contributed by atoms with van der Waals surface area (Å²) in [6, 6.07) is 1.94.